The van der Waals surface area contributed by atoms with Gasteiger partial charge in [-0.15, -0.1) is 0 Å². The van der Waals surface area contributed by atoms with Gasteiger partial charge in [-0.05, 0) is 33.6 Å². The van der Waals surface area contributed by atoms with Crippen LogP contribution in [-0.4, -0.2) is 39.2 Å². The number of hydrogen-bond acceptors (Lipinski definition) is 6. The summed E-state index contributed by atoms with van der Waals surface area (Å²) in [6, 6.07) is 0. The summed E-state index contributed by atoms with van der Waals surface area (Å²) >= 11 is 0. The SMILES string of the molecule is Cc1noc(C2CCN(C(=O)c3c(C)noc3C)CC2)n1. The number of likely N-dealkylation sites (tertiary alicyclic amines) is 1. The van der Waals surface area contributed by atoms with Gasteiger partial charge in [0.05, 0.1) is 5.69 Å². The third-order valence-electron chi connectivity index (χ3n) is 3.92. The Hall–Kier alpha value is -2.18. The van der Waals surface area contributed by atoms with Crippen molar-refractivity contribution in [3.63, 3.8) is 0 Å². The van der Waals surface area contributed by atoms with Crippen molar-refractivity contribution < 1.29 is 13.8 Å². The van der Waals surface area contributed by atoms with Gasteiger partial charge >= 0.3 is 0 Å². The highest BCUT2D eigenvalue weighted by molar-refractivity contribution is 5.96. The van der Waals surface area contributed by atoms with Crippen LogP contribution in [-0.2, 0) is 0 Å². The first kappa shape index (κ1) is 13.8. The summed E-state index contributed by atoms with van der Waals surface area (Å²) in [4.78, 5) is 18.6. The first-order valence-corrected chi connectivity index (χ1v) is 7.08. The number of rotatable bonds is 2. The van der Waals surface area contributed by atoms with Crippen molar-refractivity contribution >= 4 is 5.91 Å². The minimum absolute atomic E-state index is 0.00795. The third-order valence-corrected chi connectivity index (χ3v) is 3.92. The van der Waals surface area contributed by atoms with E-state index >= 15 is 0 Å². The van der Waals surface area contributed by atoms with Gasteiger partial charge in [0.25, 0.3) is 5.91 Å². The number of carbonyl (C=O) groups excluding carboxylic acids is 1. The molecule has 0 unspecified atom stereocenters. The second-order valence-corrected chi connectivity index (χ2v) is 5.45. The summed E-state index contributed by atoms with van der Waals surface area (Å²) in [5.41, 5.74) is 1.23. The van der Waals surface area contributed by atoms with E-state index in [0.29, 0.717) is 41.8 Å². The highest BCUT2D eigenvalue weighted by atomic mass is 16.5. The molecule has 1 fully saturated rings. The molecule has 3 heterocycles. The summed E-state index contributed by atoms with van der Waals surface area (Å²) in [6.45, 7) is 6.71. The summed E-state index contributed by atoms with van der Waals surface area (Å²) in [5, 5.41) is 7.66. The molecule has 112 valence electrons. The van der Waals surface area contributed by atoms with Gasteiger partial charge in [0.15, 0.2) is 5.82 Å². The van der Waals surface area contributed by atoms with E-state index in [-0.39, 0.29) is 11.8 Å². The fraction of sp³-hybridized carbons (Fsp3) is 0.571. The summed E-state index contributed by atoms with van der Waals surface area (Å²) < 4.78 is 10.3. The minimum Gasteiger partial charge on any atom is -0.361 e. The van der Waals surface area contributed by atoms with Gasteiger partial charge in [0, 0.05) is 19.0 Å². The smallest absolute Gasteiger partial charge is 0.259 e. The zero-order valence-electron chi connectivity index (χ0n) is 12.4. The lowest BCUT2D eigenvalue weighted by Gasteiger charge is -2.30. The number of nitrogens with zero attached hydrogens (tertiary/aromatic N) is 4. The predicted molar refractivity (Wildman–Crippen MR) is 72.9 cm³/mol. The molecule has 2 aromatic heterocycles. The molecule has 7 nitrogen and oxygen atoms in total. The Labute approximate surface area is 122 Å². The average molecular weight is 290 g/mol. The molecule has 0 radical (unpaired) electrons. The Bertz CT molecular complexity index is 633. The molecule has 0 N–H and O–H groups in total. The maximum atomic E-state index is 12.5. The highest BCUT2D eigenvalue weighted by Gasteiger charge is 2.30. The predicted octanol–water partition coefficient (Wildman–Crippen LogP) is 2.00. The van der Waals surface area contributed by atoms with Crippen molar-refractivity contribution in [3.8, 4) is 0 Å². The lowest BCUT2D eigenvalue weighted by atomic mass is 9.96. The number of hydrogen-bond donors (Lipinski definition) is 0. The van der Waals surface area contributed by atoms with Crippen LogP contribution in [0.1, 0.15) is 52.3 Å². The van der Waals surface area contributed by atoms with Crippen LogP contribution in [0.15, 0.2) is 9.05 Å². The Balaban J connectivity index is 1.67. The first-order valence-electron chi connectivity index (χ1n) is 7.08. The number of carbonyl (C=O) groups is 1. The minimum atomic E-state index is -0.00795. The van der Waals surface area contributed by atoms with E-state index in [0.717, 1.165) is 12.8 Å². The molecule has 2 aromatic rings. The quantitative estimate of drug-likeness (QED) is 0.841. The number of piperidine rings is 1. The van der Waals surface area contributed by atoms with Gasteiger partial charge in [-0.1, -0.05) is 10.3 Å². The zero-order chi connectivity index (χ0) is 15.0. The molecule has 0 aliphatic carbocycles. The average Bonchev–Trinajstić information content (AvgIpc) is 3.05. The van der Waals surface area contributed by atoms with E-state index in [2.05, 4.69) is 15.3 Å². The van der Waals surface area contributed by atoms with Crippen LogP contribution in [0.5, 0.6) is 0 Å². The zero-order valence-corrected chi connectivity index (χ0v) is 12.4. The van der Waals surface area contributed by atoms with Crippen LogP contribution in [0, 0.1) is 20.8 Å². The van der Waals surface area contributed by atoms with E-state index < -0.39 is 0 Å². The number of aryl methyl sites for hydroxylation is 3. The van der Waals surface area contributed by atoms with Crippen molar-refractivity contribution in [1.29, 1.82) is 0 Å². The maximum Gasteiger partial charge on any atom is 0.259 e. The second-order valence-electron chi connectivity index (χ2n) is 5.45. The van der Waals surface area contributed by atoms with Crippen LogP contribution in [0.4, 0.5) is 0 Å². The van der Waals surface area contributed by atoms with Gasteiger partial charge in [-0.3, -0.25) is 4.79 Å². The number of amides is 1. The molecule has 7 heteroatoms. The molecule has 1 saturated heterocycles. The van der Waals surface area contributed by atoms with Crippen LogP contribution in [0.25, 0.3) is 0 Å². The summed E-state index contributed by atoms with van der Waals surface area (Å²) in [6.07, 6.45) is 1.66. The van der Waals surface area contributed by atoms with Gasteiger partial charge in [0.1, 0.15) is 11.3 Å². The Kier molecular flexibility index (Phi) is 3.48. The van der Waals surface area contributed by atoms with Crippen LogP contribution < -0.4 is 0 Å². The molecule has 3 rings (SSSR count). The van der Waals surface area contributed by atoms with Crippen LogP contribution in [0.2, 0.25) is 0 Å². The topological polar surface area (TPSA) is 85.3 Å². The van der Waals surface area contributed by atoms with E-state index in [1.807, 2.05) is 11.8 Å². The van der Waals surface area contributed by atoms with E-state index in [1.54, 1.807) is 13.8 Å². The standard InChI is InChI=1S/C14H18N4O3/c1-8-12(9(2)20-16-8)14(19)18-6-4-11(5-7-18)13-15-10(3)17-21-13/h11H,4-7H2,1-3H3. The van der Waals surface area contributed by atoms with Crippen molar-refractivity contribution in [2.45, 2.75) is 39.5 Å². The van der Waals surface area contributed by atoms with E-state index in [1.165, 1.54) is 0 Å². The van der Waals surface area contributed by atoms with Crippen molar-refractivity contribution in [1.82, 2.24) is 20.2 Å². The molecule has 1 aliphatic heterocycles. The highest BCUT2D eigenvalue weighted by Crippen LogP contribution is 2.28. The molecule has 0 aromatic carbocycles. The van der Waals surface area contributed by atoms with Gasteiger partial charge in [-0.25, -0.2) is 0 Å². The summed E-state index contributed by atoms with van der Waals surface area (Å²) in [5.74, 6) is 2.13. The van der Waals surface area contributed by atoms with Crippen molar-refractivity contribution in [2.75, 3.05) is 13.1 Å². The molecule has 21 heavy (non-hydrogen) atoms. The Morgan fingerprint density at radius 3 is 2.38 bits per heavy atom. The molecular weight excluding hydrogens is 272 g/mol. The molecule has 0 saturated carbocycles. The largest absolute Gasteiger partial charge is 0.361 e. The lowest BCUT2D eigenvalue weighted by Crippen LogP contribution is -2.38. The fourth-order valence-corrected chi connectivity index (χ4v) is 2.75. The van der Waals surface area contributed by atoms with Gasteiger partial charge < -0.3 is 13.9 Å². The van der Waals surface area contributed by atoms with Crippen LogP contribution in [0.3, 0.4) is 0 Å². The third kappa shape index (κ3) is 2.55. The Morgan fingerprint density at radius 1 is 1.14 bits per heavy atom. The van der Waals surface area contributed by atoms with Crippen molar-refractivity contribution in [2.24, 2.45) is 0 Å². The molecular formula is C14H18N4O3. The van der Waals surface area contributed by atoms with E-state index in [4.69, 9.17) is 9.05 Å². The Morgan fingerprint density at radius 2 is 1.86 bits per heavy atom. The fourth-order valence-electron chi connectivity index (χ4n) is 2.75. The van der Waals surface area contributed by atoms with Crippen molar-refractivity contribution in [3.05, 3.63) is 28.7 Å². The van der Waals surface area contributed by atoms with Crippen LogP contribution >= 0.6 is 0 Å². The van der Waals surface area contributed by atoms with Gasteiger partial charge in [-0.2, -0.15) is 4.98 Å². The maximum absolute atomic E-state index is 12.5. The normalized spacial score (nSPS) is 16.4. The molecule has 0 spiro atoms. The molecule has 1 aliphatic rings. The molecule has 1 amide bonds. The second kappa shape index (κ2) is 5.31. The molecule has 0 atom stereocenters. The van der Waals surface area contributed by atoms with Gasteiger partial charge in [0.2, 0.25) is 5.89 Å². The first-order chi connectivity index (χ1) is 10.1. The summed E-state index contributed by atoms with van der Waals surface area (Å²) in [7, 11) is 0. The lowest BCUT2D eigenvalue weighted by molar-refractivity contribution is 0.0702. The molecule has 0 bridgehead atoms. The monoisotopic (exact) mass is 290 g/mol. The van der Waals surface area contributed by atoms with E-state index in [9.17, 15) is 4.79 Å². The number of aromatic nitrogens is 3.